The minimum atomic E-state index is -2.34. The molecule has 0 spiro atoms. The van der Waals surface area contributed by atoms with Crippen LogP contribution in [-0.2, 0) is 14.3 Å². The van der Waals surface area contributed by atoms with E-state index in [2.05, 4.69) is 5.32 Å². The van der Waals surface area contributed by atoms with Crippen molar-refractivity contribution in [3.05, 3.63) is 72.2 Å². The van der Waals surface area contributed by atoms with Gasteiger partial charge in [0.2, 0.25) is 5.76 Å². The quantitative estimate of drug-likeness (QED) is 0.232. The van der Waals surface area contributed by atoms with Crippen LogP contribution < -0.4 is 15.8 Å². The summed E-state index contributed by atoms with van der Waals surface area (Å²) in [6.45, 7) is 5.12. The van der Waals surface area contributed by atoms with E-state index in [1.165, 1.54) is 37.5 Å². The van der Waals surface area contributed by atoms with Crippen LogP contribution in [0.5, 0.6) is 5.75 Å². The number of nitrogens with two attached hydrogens (primary N) is 1. The second-order valence-electron chi connectivity index (χ2n) is 13.3. The molecule has 0 unspecified atom stereocenters. The lowest BCUT2D eigenvalue weighted by Crippen LogP contribution is -2.71. The summed E-state index contributed by atoms with van der Waals surface area (Å²) in [4.78, 5) is 39.9. The van der Waals surface area contributed by atoms with E-state index in [1.54, 1.807) is 38.1 Å². The Balaban J connectivity index is 1.35. The summed E-state index contributed by atoms with van der Waals surface area (Å²) in [5.74, 6) is -3.87. The number of nitrogens with one attached hydrogen (secondary N) is 1. The maximum Gasteiger partial charge on any atom is 0.375 e. The second-order valence-corrected chi connectivity index (χ2v) is 13.3. The average molecular weight is 625 g/mol. The van der Waals surface area contributed by atoms with Crippen molar-refractivity contribution in [1.29, 1.82) is 0 Å². The standard InChI is InChI=1S/C34H38F2N2O7/c1-19-15-23-24-17-26(35)25-16-21(39)10-11-31(25,2)33(24,36)28(40)18-32(23,3)34(19,45-29(41)27-5-4-13-44-27)30(42)38-12-14-43-22-8-6-20(37)7-9-22/h4-11,13,16,19,23-24,26,28,40H,12,14-15,17-18,37H2,1-3H3,(H,38,42)/t19-,23+,24+,26+,28+,31+,32+,33+,34+/m1/s1. The molecule has 9 nitrogen and oxygen atoms in total. The number of nitrogen functional groups attached to an aromatic ring is 1. The van der Waals surface area contributed by atoms with Crippen LogP contribution in [0.25, 0.3) is 0 Å². The highest BCUT2D eigenvalue weighted by molar-refractivity contribution is 6.01. The maximum absolute atomic E-state index is 17.7. The number of anilines is 1. The first-order chi connectivity index (χ1) is 21.3. The zero-order chi connectivity index (χ0) is 32.4. The van der Waals surface area contributed by atoms with Gasteiger partial charge < -0.3 is 30.0 Å². The molecule has 6 rings (SSSR count). The van der Waals surface area contributed by atoms with Crippen LogP contribution in [0.4, 0.5) is 14.5 Å². The van der Waals surface area contributed by atoms with Gasteiger partial charge in [-0.25, -0.2) is 13.6 Å². The predicted molar refractivity (Wildman–Crippen MR) is 159 cm³/mol. The monoisotopic (exact) mass is 624 g/mol. The van der Waals surface area contributed by atoms with Crippen molar-refractivity contribution in [2.75, 3.05) is 18.9 Å². The number of rotatable bonds is 7. The highest BCUT2D eigenvalue weighted by Gasteiger charge is 2.78. The van der Waals surface area contributed by atoms with Gasteiger partial charge in [-0.05, 0) is 86.2 Å². The first-order valence-electron chi connectivity index (χ1n) is 15.3. The number of fused-ring (bicyclic) bond motifs is 5. The Labute approximate surface area is 259 Å². The van der Waals surface area contributed by atoms with E-state index in [9.17, 15) is 19.5 Å². The minimum absolute atomic E-state index is 0.0109. The average Bonchev–Trinajstić information content (AvgIpc) is 3.61. The third-order valence-corrected chi connectivity index (χ3v) is 11.0. The van der Waals surface area contributed by atoms with E-state index in [1.807, 2.05) is 0 Å². The first-order valence-corrected chi connectivity index (χ1v) is 15.3. The summed E-state index contributed by atoms with van der Waals surface area (Å²) in [7, 11) is 0. The number of aliphatic hydroxyl groups excluding tert-OH is 1. The van der Waals surface area contributed by atoms with Crippen molar-refractivity contribution in [2.45, 2.75) is 63.6 Å². The molecular weight excluding hydrogens is 586 g/mol. The van der Waals surface area contributed by atoms with Crippen LogP contribution >= 0.6 is 0 Å². The van der Waals surface area contributed by atoms with E-state index < -0.39 is 69.8 Å². The molecule has 1 heterocycles. The number of ketones is 1. The van der Waals surface area contributed by atoms with E-state index in [-0.39, 0.29) is 43.7 Å². The number of furan rings is 1. The molecule has 240 valence electrons. The van der Waals surface area contributed by atoms with Gasteiger partial charge >= 0.3 is 5.97 Å². The van der Waals surface area contributed by atoms with Gasteiger partial charge in [-0.15, -0.1) is 0 Å². The Morgan fingerprint density at radius 3 is 2.58 bits per heavy atom. The number of ether oxygens (including phenoxy) is 2. The van der Waals surface area contributed by atoms with Crippen LogP contribution in [0.1, 0.15) is 50.6 Å². The van der Waals surface area contributed by atoms with Gasteiger partial charge in [-0.1, -0.05) is 19.9 Å². The fourth-order valence-corrected chi connectivity index (χ4v) is 8.89. The number of hydrogen-bond donors (Lipinski definition) is 3. The Kier molecular flexibility index (Phi) is 7.46. The van der Waals surface area contributed by atoms with Crippen molar-refractivity contribution >= 4 is 23.3 Å². The summed E-state index contributed by atoms with van der Waals surface area (Å²) >= 11 is 0. The SMILES string of the molecule is C[C@@H]1C[C@H]2[C@@H]3C[C@H](F)C4=CC(=O)C=C[C@]4(C)[C@@]3(F)[C@@H](O)C[C@]2(C)[C@@]1(OC(=O)c1ccco1)C(=O)NCCOc1ccc(N)cc1. The second kappa shape index (κ2) is 10.8. The Hall–Kier alpha value is -3.99. The number of amides is 1. The van der Waals surface area contributed by atoms with Crippen molar-refractivity contribution < 1.29 is 42.2 Å². The lowest BCUT2D eigenvalue weighted by Gasteiger charge is -2.63. The molecule has 0 radical (unpaired) electrons. The molecule has 1 amide bonds. The molecule has 9 atom stereocenters. The third kappa shape index (κ3) is 4.45. The van der Waals surface area contributed by atoms with E-state index in [0.29, 0.717) is 11.4 Å². The molecule has 45 heavy (non-hydrogen) atoms. The molecular formula is C34H38F2N2O7. The number of alkyl halides is 2. The molecule has 1 aromatic carbocycles. The number of halogens is 2. The van der Waals surface area contributed by atoms with E-state index in [0.717, 1.165) is 6.08 Å². The molecule has 0 aliphatic heterocycles. The molecule has 0 bridgehead atoms. The van der Waals surface area contributed by atoms with Crippen molar-refractivity contribution in [2.24, 2.45) is 28.6 Å². The van der Waals surface area contributed by atoms with Crippen molar-refractivity contribution in [1.82, 2.24) is 5.32 Å². The molecule has 4 aliphatic carbocycles. The Morgan fingerprint density at radius 2 is 1.89 bits per heavy atom. The van der Waals surface area contributed by atoms with Gasteiger partial charge in [0.15, 0.2) is 17.1 Å². The molecule has 1 aromatic heterocycles. The lowest BCUT2D eigenvalue weighted by molar-refractivity contribution is -0.224. The Morgan fingerprint density at radius 1 is 1.16 bits per heavy atom. The molecule has 4 aliphatic rings. The summed E-state index contributed by atoms with van der Waals surface area (Å²) in [6, 6.07) is 9.69. The van der Waals surface area contributed by atoms with Gasteiger partial charge in [0.1, 0.15) is 18.5 Å². The normalized spacial score (nSPS) is 38.4. The smallest absolute Gasteiger partial charge is 0.375 e. The molecule has 0 saturated heterocycles. The van der Waals surface area contributed by atoms with Gasteiger partial charge in [-0.3, -0.25) is 9.59 Å². The van der Waals surface area contributed by atoms with Crippen LogP contribution in [-0.4, -0.2) is 59.5 Å². The topological polar surface area (TPSA) is 141 Å². The number of hydrogen-bond acceptors (Lipinski definition) is 8. The fraction of sp³-hybridized carbons (Fsp3) is 0.500. The third-order valence-electron chi connectivity index (χ3n) is 11.0. The van der Waals surface area contributed by atoms with Crippen LogP contribution in [0.3, 0.4) is 0 Å². The molecule has 11 heteroatoms. The number of esters is 1. The zero-order valence-corrected chi connectivity index (χ0v) is 25.4. The number of allylic oxidation sites excluding steroid dienone is 4. The van der Waals surface area contributed by atoms with Crippen LogP contribution in [0, 0.1) is 28.6 Å². The van der Waals surface area contributed by atoms with Crippen LogP contribution in [0.2, 0.25) is 0 Å². The van der Waals surface area contributed by atoms with Gasteiger partial charge in [-0.2, -0.15) is 0 Å². The van der Waals surface area contributed by atoms with Gasteiger partial charge in [0.05, 0.1) is 18.9 Å². The van der Waals surface area contributed by atoms with E-state index >= 15 is 8.78 Å². The van der Waals surface area contributed by atoms with Crippen molar-refractivity contribution in [3.63, 3.8) is 0 Å². The molecule has 2 aromatic rings. The molecule has 3 saturated carbocycles. The minimum Gasteiger partial charge on any atom is -0.492 e. The highest BCUT2D eigenvalue weighted by atomic mass is 19.1. The number of carbonyl (C=O) groups excluding carboxylic acids is 3. The van der Waals surface area contributed by atoms with Crippen molar-refractivity contribution in [3.8, 4) is 5.75 Å². The van der Waals surface area contributed by atoms with Crippen LogP contribution in [0.15, 0.2) is 70.9 Å². The van der Waals surface area contributed by atoms with E-state index in [4.69, 9.17) is 19.6 Å². The summed E-state index contributed by atoms with van der Waals surface area (Å²) in [5, 5.41) is 14.6. The predicted octanol–water partition coefficient (Wildman–Crippen LogP) is 4.52. The summed E-state index contributed by atoms with van der Waals surface area (Å²) in [5.41, 5.74) is -0.775. The lowest BCUT2D eigenvalue weighted by atomic mass is 9.44. The van der Waals surface area contributed by atoms with Gasteiger partial charge in [0, 0.05) is 28.4 Å². The number of aliphatic hydroxyl groups is 1. The van der Waals surface area contributed by atoms with Gasteiger partial charge in [0.25, 0.3) is 5.91 Å². The fourth-order valence-electron chi connectivity index (χ4n) is 8.89. The largest absolute Gasteiger partial charge is 0.492 e. The number of carbonyl (C=O) groups is 3. The Bertz CT molecular complexity index is 1560. The highest BCUT2D eigenvalue weighted by Crippen LogP contribution is 2.71. The molecule has 4 N–H and O–H groups in total. The summed E-state index contributed by atoms with van der Waals surface area (Å²) in [6.07, 6.45) is 1.40. The zero-order valence-electron chi connectivity index (χ0n) is 25.4. The maximum atomic E-state index is 17.7. The first kappa shape index (κ1) is 31.0. The number of benzene rings is 1. The molecule has 3 fully saturated rings. The summed E-state index contributed by atoms with van der Waals surface area (Å²) < 4.78 is 50.7.